The summed E-state index contributed by atoms with van der Waals surface area (Å²) >= 11 is 1.59. The van der Waals surface area contributed by atoms with Crippen LogP contribution in [0.5, 0.6) is 0 Å². The minimum Gasteiger partial charge on any atom is -0.379 e. The molecule has 0 aliphatic carbocycles. The number of H-pyrrole nitrogens is 2. The van der Waals surface area contributed by atoms with E-state index < -0.39 is 0 Å². The quantitative estimate of drug-likeness (QED) is 0.360. The molecule has 5 heterocycles. The van der Waals surface area contributed by atoms with Crippen molar-refractivity contribution in [3.05, 3.63) is 70.1 Å². The Hall–Kier alpha value is -3.69. The number of nitrogens with zero attached hydrogens (tertiary/aromatic N) is 4. The molecule has 4 aromatic heterocycles. The van der Waals surface area contributed by atoms with Gasteiger partial charge in [-0.15, -0.1) is 11.3 Å². The molecule has 6 rings (SSSR count). The molecule has 0 amide bonds. The maximum atomic E-state index is 13.2. The Balaban J connectivity index is 1.41. The van der Waals surface area contributed by atoms with Crippen LogP contribution in [0.1, 0.15) is 5.56 Å². The number of hydrogen-bond acceptors (Lipinski definition) is 7. The Morgan fingerprint density at radius 2 is 1.97 bits per heavy atom. The highest BCUT2D eigenvalue weighted by Gasteiger charge is 2.20. The van der Waals surface area contributed by atoms with E-state index in [1.807, 2.05) is 35.8 Å². The van der Waals surface area contributed by atoms with Crippen molar-refractivity contribution >= 4 is 44.0 Å². The fourth-order valence-corrected chi connectivity index (χ4v) is 5.36. The number of anilines is 2. The normalized spacial score (nSPS) is 14.8. The molecule has 0 bridgehead atoms. The highest BCUT2D eigenvalue weighted by molar-refractivity contribution is 7.17. The third-order valence-corrected chi connectivity index (χ3v) is 7.31. The Kier molecular flexibility index (Phi) is 5.27. The summed E-state index contributed by atoms with van der Waals surface area (Å²) in [7, 11) is 2.16. The minimum atomic E-state index is -0.169. The summed E-state index contributed by atoms with van der Waals surface area (Å²) in [6, 6.07) is 12.1. The van der Waals surface area contributed by atoms with Gasteiger partial charge in [-0.1, -0.05) is 6.07 Å². The number of fused-ring (bicyclic) bond motifs is 2. The van der Waals surface area contributed by atoms with Crippen molar-refractivity contribution in [1.29, 1.82) is 0 Å². The third-order valence-electron chi connectivity index (χ3n) is 6.38. The summed E-state index contributed by atoms with van der Waals surface area (Å²) in [6.07, 6.45) is 3.58. The number of aromatic nitrogens is 4. The van der Waals surface area contributed by atoms with Gasteiger partial charge in [-0.25, -0.2) is 4.98 Å². The number of nitrogens with one attached hydrogen (secondary N) is 3. The number of aromatic amines is 2. The molecule has 3 N–H and O–H groups in total. The van der Waals surface area contributed by atoms with Gasteiger partial charge in [0.05, 0.1) is 26.9 Å². The number of thiophene rings is 1. The molecule has 172 valence electrons. The number of pyridine rings is 2. The summed E-state index contributed by atoms with van der Waals surface area (Å²) in [5.41, 5.74) is 5.95. The zero-order valence-corrected chi connectivity index (χ0v) is 19.7. The van der Waals surface area contributed by atoms with E-state index >= 15 is 0 Å². The number of rotatable bonds is 5. The van der Waals surface area contributed by atoms with E-state index in [1.54, 1.807) is 17.5 Å². The van der Waals surface area contributed by atoms with E-state index in [4.69, 9.17) is 4.98 Å². The first-order valence-electron chi connectivity index (χ1n) is 11.4. The lowest BCUT2D eigenvalue weighted by molar-refractivity contribution is 0.313. The maximum absolute atomic E-state index is 13.2. The van der Waals surface area contributed by atoms with Crippen LogP contribution < -0.4 is 15.8 Å². The van der Waals surface area contributed by atoms with E-state index in [2.05, 4.69) is 49.2 Å². The molecule has 9 heteroatoms. The zero-order valence-electron chi connectivity index (χ0n) is 18.8. The molecular formula is C25H25N7OS. The van der Waals surface area contributed by atoms with Gasteiger partial charge in [0.25, 0.3) is 5.56 Å². The zero-order chi connectivity index (χ0) is 23.1. The highest BCUT2D eigenvalue weighted by Crippen LogP contribution is 2.34. The largest absolute Gasteiger partial charge is 0.379 e. The molecule has 1 aromatic carbocycles. The second kappa shape index (κ2) is 8.58. The van der Waals surface area contributed by atoms with E-state index in [0.717, 1.165) is 58.7 Å². The lowest BCUT2D eigenvalue weighted by Crippen LogP contribution is -2.44. The van der Waals surface area contributed by atoms with Gasteiger partial charge in [0, 0.05) is 50.8 Å². The molecule has 5 aromatic rings. The van der Waals surface area contributed by atoms with Crippen LogP contribution in [0.15, 0.2) is 59.0 Å². The van der Waals surface area contributed by atoms with Crippen molar-refractivity contribution in [1.82, 2.24) is 24.8 Å². The van der Waals surface area contributed by atoms with Gasteiger partial charge in [-0.3, -0.25) is 9.78 Å². The van der Waals surface area contributed by atoms with E-state index in [1.165, 1.54) is 5.69 Å². The standard InChI is InChI=1S/C25H25N7OS/c1-31-8-10-32(11-9-31)17-4-5-18-20(13-17)29-24(28-18)21-22(27-15-16-3-2-7-26-14-16)23-19(6-12-34-23)30-25(21)33/h2-7,12-14H,8-11,15H2,1H3,(H,28,29)(H2,27,30,33). The van der Waals surface area contributed by atoms with Gasteiger partial charge < -0.3 is 25.1 Å². The molecule has 0 atom stereocenters. The Morgan fingerprint density at radius 1 is 1.09 bits per heavy atom. The van der Waals surface area contributed by atoms with Crippen LogP contribution in [0.2, 0.25) is 0 Å². The monoisotopic (exact) mass is 471 g/mol. The van der Waals surface area contributed by atoms with Gasteiger partial charge in [0.2, 0.25) is 0 Å². The van der Waals surface area contributed by atoms with Gasteiger partial charge in [-0.2, -0.15) is 0 Å². The molecule has 0 spiro atoms. The fourth-order valence-electron chi connectivity index (χ4n) is 4.48. The molecule has 1 aliphatic rings. The van der Waals surface area contributed by atoms with Crippen LogP contribution in [0.4, 0.5) is 11.4 Å². The van der Waals surface area contributed by atoms with Crippen LogP contribution >= 0.6 is 11.3 Å². The van der Waals surface area contributed by atoms with E-state index in [9.17, 15) is 4.79 Å². The van der Waals surface area contributed by atoms with Crippen molar-refractivity contribution in [2.45, 2.75) is 6.54 Å². The highest BCUT2D eigenvalue weighted by atomic mass is 32.1. The average molecular weight is 472 g/mol. The molecule has 1 fully saturated rings. The predicted octanol–water partition coefficient (Wildman–Crippen LogP) is 3.89. The topological polar surface area (TPSA) is 92.9 Å². The first kappa shape index (κ1) is 20.9. The van der Waals surface area contributed by atoms with Crippen molar-refractivity contribution in [3.63, 3.8) is 0 Å². The number of likely N-dealkylation sites (N-methyl/N-ethyl adjacent to an activating group) is 1. The number of benzene rings is 1. The van der Waals surface area contributed by atoms with Crippen molar-refractivity contribution in [3.8, 4) is 11.4 Å². The SMILES string of the molecule is CN1CCN(c2ccc3nc(-c4c(NCc5cccnc5)c5sccc5[nH]c4=O)[nH]c3c2)CC1. The second-order valence-corrected chi connectivity index (χ2v) is 9.58. The van der Waals surface area contributed by atoms with Crippen LogP contribution in [0.25, 0.3) is 32.6 Å². The summed E-state index contributed by atoms with van der Waals surface area (Å²) in [5.74, 6) is 0.566. The lowest BCUT2D eigenvalue weighted by Gasteiger charge is -2.34. The summed E-state index contributed by atoms with van der Waals surface area (Å²) < 4.78 is 0.997. The summed E-state index contributed by atoms with van der Waals surface area (Å²) in [4.78, 5) is 33.4. The van der Waals surface area contributed by atoms with Crippen molar-refractivity contribution in [2.75, 3.05) is 43.4 Å². The van der Waals surface area contributed by atoms with Gasteiger partial charge >= 0.3 is 0 Å². The van der Waals surface area contributed by atoms with Crippen LogP contribution in [0.3, 0.4) is 0 Å². The summed E-state index contributed by atoms with van der Waals surface area (Å²) in [6.45, 7) is 4.66. The molecule has 0 unspecified atom stereocenters. The number of hydrogen-bond donors (Lipinski definition) is 3. The van der Waals surface area contributed by atoms with Crippen molar-refractivity contribution in [2.24, 2.45) is 0 Å². The summed E-state index contributed by atoms with van der Waals surface area (Å²) in [5, 5.41) is 5.47. The first-order chi connectivity index (χ1) is 16.7. The van der Waals surface area contributed by atoms with Gasteiger partial charge in [0.1, 0.15) is 11.4 Å². The third kappa shape index (κ3) is 3.82. The molecule has 0 radical (unpaired) electrons. The average Bonchev–Trinajstić information content (AvgIpc) is 3.49. The molecule has 1 aliphatic heterocycles. The van der Waals surface area contributed by atoms with Crippen molar-refractivity contribution < 1.29 is 0 Å². The fraction of sp³-hybridized carbons (Fsp3) is 0.240. The predicted molar refractivity (Wildman–Crippen MR) is 139 cm³/mol. The van der Waals surface area contributed by atoms with Crippen LogP contribution in [-0.2, 0) is 6.54 Å². The van der Waals surface area contributed by atoms with Crippen LogP contribution in [-0.4, -0.2) is 58.1 Å². The lowest BCUT2D eigenvalue weighted by atomic mass is 10.2. The Labute approximate surface area is 200 Å². The molecule has 34 heavy (non-hydrogen) atoms. The number of piperazine rings is 1. The second-order valence-electron chi connectivity index (χ2n) is 8.66. The first-order valence-corrected chi connectivity index (χ1v) is 12.2. The Morgan fingerprint density at radius 3 is 2.79 bits per heavy atom. The van der Waals surface area contributed by atoms with E-state index in [0.29, 0.717) is 17.9 Å². The maximum Gasteiger partial charge on any atom is 0.261 e. The van der Waals surface area contributed by atoms with Gasteiger partial charge in [-0.05, 0) is 48.3 Å². The molecule has 8 nitrogen and oxygen atoms in total. The smallest absolute Gasteiger partial charge is 0.261 e. The minimum absolute atomic E-state index is 0.169. The molecule has 0 saturated carbocycles. The molecule has 1 saturated heterocycles. The van der Waals surface area contributed by atoms with Gasteiger partial charge in [0.15, 0.2) is 0 Å². The van der Waals surface area contributed by atoms with Crippen LogP contribution in [0, 0.1) is 0 Å². The Bertz CT molecular complexity index is 1510. The number of imidazole rings is 1. The van der Waals surface area contributed by atoms with E-state index in [-0.39, 0.29) is 5.56 Å². The molecular weight excluding hydrogens is 446 g/mol.